The number of rotatable bonds is 2. The van der Waals surface area contributed by atoms with Crippen LogP contribution < -0.4 is 10.6 Å². The number of nitrogens with zero attached hydrogens (tertiary/aromatic N) is 4. The summed E-state index contributed by atoms with van der Waals surface area (Å²) in [4.78, 5) is 17.8. The zero-order chi connectivity index (χ0) is 12.5. The molecule has 0 saturated carbocycles. The summed E-state index contributed by atoms with van der Waals surface area (Å²) in [5.41, 5.74) is 7.62. The van der Waals surface area contributed by atoms with E-state index in [1.54, 1.807) is 4.90 Å². The lowest BCUT2D eigenvalue weighted by molar-refractivity contribution is -0.119. The Morgan fingerprint density at radius 2 is 2.22 bits per heavy atom. The van der Waals surface area contributed by atoms with E-state index >= 15 is 0 Å². The van der Waals surface area contributed by atoms with Crippen LogP contribution in [-0.2, 0) is 17.8 Å². The van der Waals surface area contributed by atoms with E-state index < -0.39 is 0 Å². The summed E-state index contributed by atoms with van der Waals surface area (Å²) in [6.07, 6.45) is 2.37. The molecule has 1 aliphatic heterocycles. The number of benzene rings is 1. The summed E-state index contributed by atoms with van der Waals surface area (Å²) in [7, 11) is 0. The third kappa shape index (κ3) is 1.81. The van der Waals surface area contributed by atoms with E-state index in [-0.39, 0.29) is 18.4 Å². The van der Waals surface area contributed by atoms with Crippen molar-refractivity contribution in [2.45, 2.75) is 13.0 Å². The zero-order valence-electron chi connectivity index (χ0n) is 9.78. The van der Waals surface area contributed by atoms with Crippen LogP contribution >= 0.6 is 0 Å². The molecule has 0 spiro atoms. The van der Waals surface area contributed by atoms with Crippen LogP contribution in [0, 0.1) is 0 Å². The number of amides is 1. The molecule has 0 aliphatic carbocycles. The Morgan fingerprint density at radius 3 is 3.00 bits per heavy atom. The van der Waals surface area contributed by atoms with Gasteiger partial charge in [0.05, 0.1) is 0 Å². The molecule has 1 aromatic carbocycles. The molecule has 0 unspecified atom stereocenters. The molecule has 2 aromatic rings. The monoisotopic (exact) mass is 243 g/mol. The van der Waals surface area contributed by atoms with E-state index in [2.05, 4.69) is 16.1 Å². The zero-order valence-corrected chi connectivity index (χ0v) is 9.78. The van der Waals surface area contributed by atoms with Crippen molar-refractivity contribution in [2.75, 3.05) is 17.2 Å². The highest BCUT2D eigenvalue weighted by Gasteiger charge is 2.24. The number of hydrogen-bond acceptors (Lipinski definition) is 4. The van der Waals surface area contributed by atoms with Crippen molar-refractivity contribution in [3.8, 4) is 0 Å². The summed E-state index contributed by atoms with van der Waals surface area (Å²) in [5, 5.41) is 3.91. The van der Waals surface area contributed by atoms with Crippen LogP contribution in [-0.4, -0.2) is 27.2 Å². The molecule has 2 N–H and O–H groups in total. The van der Waals surface area contributed by atoms with E-state index in [1.165, 1.54) is 16.6 Å². The lowest BCUT2D eigenvalue weighted by Gasteiger charge is -2.16. The number of fused-ring (bicyclic) bond motifs is 1. The predicted molar refractivity (Wildman–Crippen MR) is 66.9 cm³/mol. The second-order valence-electron chi connectivity index (χ2n) is 4.22. The van der Waals surface area contributed by atoms with Crippen molar-refractivity contribution < 1.29 is 4.79 Å². The first-order valence-electron chi connectivity index (χ1n) is 5.77. The van der Waals surface area contributed by atoms with Crippen molar-refractivity contribution in [3.63, 3.8) is 0 Å². The van der Waals surface area contributed by atoms with Gasteiger partial charge in [0.1, 0.15) is 12.9 Å². The summed E-state index contributed by atoms with van der Waals surface area (Å²) in [5.74, 6) is 0.189. The highest BCUT2D eigenvalue weighted by molar-refractivity contribution is 5.95. The first kappa shape index (κ1) is 10.8. The molecule has 0 radical (unpaired) electrons. The van der Waals surface area contributed by atoms with Gasteiger partial charge in [0.2, 0.25) is 11.9 Å². The number of para-hydroxylation sites is 1. The van der Waals surface area contributed by atoms with Crippen LogP contribution in [0.1, 0.15) is 5.56 Å². The Labute approximate surface area is 104 Å². The third-order valence-electron chi connectivity index (χ3n) is 3.04. The molecular weight excluding hydrogens is 230 g/mol. The number of anilines is 2. The van der Waals surface area contributed by atoms with Crippen molar-refractivity contribution >= 4 is 17.5 Å². The van der Waals surface area contributed by atoms with Gasteiger partial charge in [-0.05, 0) is 18.1 Å². The minimum absolute atomic E-state index is 0.00449. The van der Waals surface area contributed by atoms with Gasteiger partial charge in [-0.2, -0.15) is 0 Å². The number of carbonyl (C=O) groups excluding carboxylic acids is 1. The highest BCUT2D eigenvalue weighted by Crippen LogP contribution is 2.27. The quantitative estimate of drug-likeness (QED) is 0.830. The van der Waals surface area contributed by atoms with Crippen LogP contribution in [0.5, 0.6) is 0 Å². The SMILES string of the molecule is Nc1ncn(CC(=O)N2CCc3ccccc32)n1. The Kier molecular flexibility index (Phi) is 2.47. The van der Waals surface area contributed by atoms with Gasteiger partial charge in [0, 0.05) is 12.2 Å². The minimum atomic E-state index is 0.00449. The smallest absolute Gasteiger partial charge is 0.248 e. The summed E-state index contributed by atoms with van der Waals surface area (Å²) in [6.45, 7) is 0.890. The second kappa shape index (κ2) is 4.14. The van der Waals surface area contributed by atoms with E-state index in [1.807, 2.05) is 18.2 Å². The van der Waals surface area contributed by atoms with Crippen LogP contribution in [0.2, 0.25) is 0 Å². The van der Waals surface area contributed by atoms with Gasteiger partial charge in [0.15, 0.2) is 0 Å². The van der Waals surface area contributed by atoms with Gasteiger partial charge >= 0.3 is 0 Å². The average molecular weight is 243 g/mol. The highest BCUT2D eigenvalue weighted by atomic mass is 16.2. The Hall–Kier alpha value is -2.37. The topological polar surface area (TPSA) is 77.0 Å². The number of nitrogens with two attached hydrogens (primary N) is 1. The molecule has 3 rings (SSSR count). The van der Waals surface area contributed by atoms with Crippen molar-refractivity contribution in [2.24, 2.45) is 0 Å². The molecule has 0 bridgehead atoms. The third-order valence-corrected chi connectivity index (χ3v) is 3.04. The van der Waals surface area contributed by atoms with E-state index in [0.717, 1.165) is 18.7 Å². The lowest BCUT2D eigenvalue weighted by atomic mass is 10.2. The van der Waals surface area contributed by atoms with Gasteiger partial charge in [-0.15, -0.1) is 5.10 Å². The molecule has 0 saturated heterocycles. The van der Waals surface area contributed by atoms with Gasteiger partial charge in [-0.1, -0.05) is 18.2 Å². The summed E-state index contributed by atoms with van der Waals surface area (Å²) in [6, 6.07) is 7.95. The molecule has 1 amide bonds. The molecule has 0 atom stereocenters. The molecular formula is C12H13N5O. The predicted octanol–water partition coefficient (Wildman–Crippen LogP) is 0.450. The van der Waals surface area contributed by atoms with Gasteiger partial charge in [-0.25, -0.2) is 9.67 Å². The number of carbonyl (C=O) groups is 1. The fourth-order valence-corrected chi connectivity index (χ4v) is 2.21. The Bertz CT molecular complexity index is 592. The van der Waals surface area contributed by atoms with Crippen LogP contribution in [0.4, 0.5) is 11.6 Å². The second-order valence-corrected chi connectivity index (χ2v) is 4.22. The minimum Gasteiger partial charge on any atom is -0.367 e. The van der Waals surface area contributed by atoms with Gasteiger partial charge < -0.3 is 10.6 Å². The molecule has 1 aromatic heterocycles. The molecule has 6 heteroatoms. The van der Waals surface area contributed by atoms with Gasteiger partial charge in [0.25, 0.3) is 0 Å². The van der Waals surface area contributed by atoms with E-state index in [4.69, 9.17) is 5.73 Å². The molecule has 92 valence electrons. The maximum atomic E-state index is 12.2. The molecule has 0 fully saturated rings. The average Bonchev–Trinajstić information content (AvgIpc) is 2.95. The molecule has 18 heavy (non-hydrogen) atoms. The first-order chi connectivity index (χ1) is 8.74. The maximum absolute atomic E-state index is 12.2. The lowest BCUT2D eigenvalue weighted by Crippen LogP contribution is -2.32. The Balaban J connectivity index is 1.78. The standard InChI is InChI=1S/C12H13N5O/c13-12-14-8-16(15-12)7-11(18)17-6-5-9-3-1-2-4-10(9)17/h1-4,8H,5-7H2,(H2,13,15). The molecule has 2 heterocycles. The fourth-order valence-electron chi connectivity index (χ4n) is 2.21. The maximum Gasteiger partial charge on any atom is 0.248 e. The van der Waals surface area contributed by atoms with E-state index in [0.29, 0.717) is 0 Å². The fraction of sp³-hybridized carbons (Fsp3) is 0.250. The molecule has 1 aliphatic rings. The number of nitrogen functional groups attached to an aromatic ring is 1. The summed E-state index contributed by atoms with van der Waals surface area (Å²) >= 11 is 0. The largest absolute Gasteiger partial charge is 0.367 e. The molecule has 6 nitrogen and oxygen atoms in total. The van der Waals surface area contributed by atoms with Crippen LogP contribution in [0.3, 0.4) is 0 Å². The van der Waals surface area contributed by atoms with Crippen molar-refractivity contribution in [1.29, 1.82) is 0 Å². The van der Waals surface area contributed by atoms with Gasteiger partial charge in [-0.3, -0.25) is 4.79 Å². The normalized spacial score (nSPS) is 13.7. The Morgan fingerprint density at radius 1 is 1.39 bits per heavy atom. The van der Waals surface area contributed by atoms with Crippen molar-refractivity contribution in [1.82, 2.24) is 14.8 Å². The van der Waals surface area contributed by atoms with E-state index in [9.17, 15) is 4.79 Å². The summed E-state index contributed by atoms with van der Waals surface area (Å²) < 4.78 is 1.46. The van der Waals surface area contributed by atoms with Crippen LogP contribution in [0.25, 0.3) is 0 Å². The van der Waals surface area contributed by atoms with Crippen molar-refractivity contribution in [3.05, 3.63) is 36.2 Å². The first-order valence-corrected chi connectivity index (χ1v) is 5.77. The number of hydrogen-bond donors (Lipinski definition) is 1. The number of aromatic nitrogens is 3. The van der Waals surface area contributed by atoms with Crippen LogP contribution in [0.15, 0.2) is 30.6 Å².